The highest BCUT2D eigenvalue weighted by atomic mass is 35.5. The molecule has 0 radical (unpaired) electrons. The maximum absolute atomic E-state index is 8.44. The van der Waals surface area contributed by atoms with Crippen molar-refractivity contribution < 1.29 is 9.94 Å². The molecule has 0 saturated heterocycles. The molecular weight excluding hydrogens is 262 g/mol. The molecule has 0 saturated carbocycles. The maximum Gasteiger partial charge on any atom is 0.128 e. The first kappa shape index (κ1) is 13.4. The molecule has 0 aliphatic rings. The zero-order chi connectivity index (χ0) is 13.8. The average molecular weight is 276 g/mol. The van der Waals surface area contributed by atoms with Gasteiger partial charge in [0.1, 0.15) is 11.5 Å². The number of aryl methyl sites for hydroxylation is 2. The molecule has 0 heterocycles. The van der Waals surface area contributed by atoms with Gasteiger partial charge < -0.3 is 9.94 Å². The summed E-state index contributed by atoms with van der Waals surface area (Å²) in [6.45, 7) is 3.89. The third-order valence-electron chi connectivity index (χ3n) is 2.73. The fraction of sp³-hybridized carbons (Fsp3) is 0.133. The van der Waals surface area contributed by atoms with Crippen molar-refractivity contribution in [3.63, 3.8) is 0 Å². The molecule has 0 fully saturated rings. The van der Waals surface area contributed by atoms with E-state index >= 15 is 0 Å². The Balaban J connectivity index is 2.21. The summed E-state index contributed by atoms with van der Waals surface area (Å²) in [6, 6.07) is 11.1. The number of halogens is 1. The molecule has 0 unspecified atom stereocenters. The van der Waals surface area contributed by atoms with E-state index in [4.69, 9.17) is 21.5 Å². The summed E-state index contributed by atoms with van der Waals surface area (Å²) >= 11 is 6.11. The van der Waals surface area contributed by atoms with Gasteiger partial charge in [-0.1, -0.05) is 16.8 Å². The number of benzene rings is 2. The maximum atomic E-state index is 8.44. The molecular formula is C15H14ClNO2. The van der Waals surface area contributed by atoms with Gasteiger partial charge in [0.05, 0.1) is 6.21 Å². The molecule has 2 rings (SSSR count). The summed E-state index contributed by atoms with van der Waals surface area (Å²) in [6.07, 6.45) is 1.36. The molecule has 3 nitrogen and oxygen atoms in total. The van der Waals surface area contributed by atoms with Crippen LogP contribution in [0.1, 0.15) is 16.7 Å². The molecule has 0 spiro atoms. The monoisotopic (exact) mass is 275 g/mol. The van der Waals surface area contributed by atoms with E-state index < -0.39 is 0 Å². The second kappa shape index (κ2) is 5.76. The van der Waals surface area contributed by atoms with Crippen LogP contribution in [0.15, 0.2) is 41.6 Å². The van der Waals surface area contributed by atoms with E-state index in [1.807, 2.05) is 50.2 Å². The van der Waals surface area contributed by atoms with Crippen LogP contribution in [-0.4, -0.2) is 11.4 Å². The van der Waals surface area contributed by atoms with Crippen LogP contribution in [0.3, 0.4) is 0 Å². The zero-order valence-corrected chi connectivity index (χ0v) is 11.5. The standard InChI is InChI=1S/C15H14ClNO2/c1-10-7-14(8-11(2)15(10)16)19-13-5-3-12(4-6-13)9-17-18/h3-9,18H,1-2H3. The van der Waals surface area contributed by atoms with E-state index in [1.165, 1.54) is 6.21 Å². The van der Waals surface area contributed by atoms with Gasteiger partial charge in [-0.15, -0.1) is 0 Å². The van der Waals surface area contributed by atoms with Gasteiger partial charge in [0.15, 0.2) is 0 Å². The molecule has 2 aromatic carbocycles. The van der Waals surface area contributed by atoms with E-state index in [1.54, 1.807) is 0 Å². The van der Waals surface area contributed by atoms with E-state index in [-0.39, 0.29) is 0 Å². The van der Waals surface area contributed by atoms with Gasteiger partial charge in [-0.25, -0.2) is 0 Å². The second-order valence-electron chi connectivity index (χ2n) is 4.29. The first-order chi connectivity index (χ1) is 9.10. The van der Waals surface area contributed by atoms with Crippen molar-refractivity contribution >= 4 is 17.8 Å². The lowest BCUT2D eigenvalue weighted by molar-refractivity contribution is 0.322. The first-order valence-corrected chi connectivity index (χ1v) is 6.20. The quantitative estimate of drug-likeness (QED) is 0.507. The molecule has 0 amide bonds. The van der Waals surface area contributed by atoms with E-state index in [0.717, 1.165) is 33.2 Å². The summed E-state index contributed by atoms with van der Waals surface area (Å²) in [7, 11) is 0. The lowest BCUT2D eigenvalue weighted by atomic mass is 10.1. The molecule has 1 N–H and O–H groups in total. The molecule has 4 heteroatoms. The third-order valence-corrected chi connectivity index (χ3v) is 3.33. The molecule has 0 atom stereocenters. The smallest absolute Gasteiger partial charge is 0.128 e. The highest BCUT2D eigenvalue weighted by Crippen LogP contribution is 2.29. The highest BCUT2D eigenvalue weighted by molar-refractivity contribution is 6.32. The summed E-state index contributed by atoms with van der Waals surface area (Å²) < 4.78 is 5.76. The topological polar surface area (TPSA) is 41.8 Å². The van der Waals surface area contributed by atoms with Crippen LogP contribution in [-0.2, 0) is 0 Å². The minimum Gasteiger partial charge on any atom is -0.457 e. The number of ether oxygens (including phenoxy) is 1. The summed E-state index contributed by atoms with van der Waals surface area (Å²) in [5.41, 5.74) is 2.78. The predicted molar refractivity (Wildman–Crippen MR) is 76.8 cm³/mol. The minimum atomic E-state index is 0.719. The molecule has 0 aliphatic carbocycles. The molecule has 0 bridgehead atoms. The molecule has 2 aromatic rings. The van der Waals surface area contributed by atoms with Crippen LogP contribution in [0.5, 0.6) is 11.5 Å². The van der Waals surface area contributed by atoms with Gasteiger partial charge in [0, 0.05) is 5.02 Å². The fourth-order valence-electron chi connectivity index (χ4n) is 1.79. The average Bonchev–Trinajstić information content (AvgIpc) is 2.38. The Bertz CT molecular complexity index is 583. The van der Waals surface area contributed by atoms with Crippen molar-refractivity contribution in [3.8, 4) is 11.5 Å². The van der Waals surface area contributed by atoms with Gasteiger partial charge in [-0.2, -0.15) is 0 Å². The predicted octanol–water partition coefficient (Wildman–Crippen LogP) is 4.56. The number of hydrogen-bond donors (Lipinski definition) is 1. The van der Waals surface area contributed by atoms with Gasteiger partial charge in [0.2, 0.25) is 0 Å². The van der Waals surface area contributed by atoms with Crippen LogP contribution in [0.25, 0.3) is 0 Å². The summed E-state index contributed by atoms with van der Waals surface area (Å²) in [5, 5.41) is 12.2. The van der Waals surface area contributed by atoms with Gasteiger partial charge in [-0.3, -0.25) is 0 Å². The second-order valence-corrected chi connectivity index (χ2v) is 4.66. The van der Waals surface area contributed by atoms with Crippen LogP contribution in [0.4, 0.5) is 0 Å². The van der Waals surface area contributed by atoms with Crippen molar-refractivity contribution in [1.82, 2.24) is 0 Å². The fourth-order valence-corrected chi connectivity index (χ4v) is 1.90. The van der Waals surface area contributed by atoms with Crippen molar-refractivity contribution in [2.75, 3.05) is 0 Å². The van der Waals surface area contributed by atoms with Crippen LogP contribution in [0.2, 0.25) is 5.02 Å². The number of rotatable bonds is 3. The van der Waals surface area contributed by atoms with Crippen LogP contribution in [0, 0.1) is 13.8 Å². The largest absolute Gasteiger partial charge is 0.457 e. The van der Waals surface area contributed by atoms with Crippen LogP contribution < -0.4 is 4.74 Å². The van der Waals surface area contributed by atoms with Gasteiger partial charge >= 0.3 is 0 Å². The SMILES string of the molecule is Cc1cc(Oc2ccc(C=NO)cc2)cc(C)c1Cl. The first-order valence-electron chi connectivity index (χ1n) is 5.82. The van der Waals surface area contributed by atoms with Crippen molar-refractivity contribution in [1.29, 1.82) is 0 Å². The molecule has 0 aromatic heterocycles. The lowest BCUT2D eigenvalue weighted by Crippen LogP contribution is -1.89. The normalized spacial score (nSPS) is 10.9. The molecule has 98 valence electrons. The molecule has 19 heavy (non-hydrogen) atoms. The Kier molecular flexibility index (Phi) is 4.07. The number of hydrogen-bond acceptors (Lipinski definition) is 3. The van der Waals surface area contributed by atoms with Crippen molar-refractivity contribution in [2.45, 2.75) is 13.8 Å². The van der Waals surface area contributed by atoms with Gasteiger partial charge in [-0.05, 0) is 66.9 Å². The highest BCUT2D eigenvalue weighted by Gasteiger charge is 2.04. The number of nitrogens with zero attached hydrogens (tertiary/aromatic N) is 1. The Morgan fingerprint density at radius 3 is 2.16 bits per heavy atom. The Morgan fingerprint density at radius 1 is 1.05 bits per heavy atom. The lowest BCUT2D eigenvalue weighted by Gasteiger charge is -2.09. The zero-order valence-electron chi connectivity index (χ0n) is 10.7. The Morgan fingerprint density at radius 2 is 1.63 bits per heavy atom. The van der Waals surface area contributed by atoms with E-state index in [0.29, 0.717) is 0 Å². The summed E-state index contributed by atoms with van der Waals surface area (Å²) in [4.78, 5) is 0. The number of oxime groups is 1. The third kappa shape index (κ3) is 3.26. The summed E-state index contributed by atoms with van der Waals surface area (Å²) in [5.74, 6) is 1.47. The van der Waals surface area contributed by atoms with Gasteiger partial charge in [0.25, 0.3) is 0 Å². The Hall–Kier alpha value is -2.00. The van der Waals surface area contributed by atoms with E-state index in [9.17, 15) is 0 Å². The molecule has 0 aliphatic heterocycles. The van der Waals surface area contributed by atoms with Crippen molar-refractivity contribution in [2.24, 2.45) is 5.16 Å². The van der Waals surface area contributed by atoms with E-state index in [2.05, 4.69) is 5.16 Å². The van der Waals surface area contributed by atoms with Crippen LogP contribution >= 0.6 is 11.6 Å². The minimum absolute atomic E-state index is 0.719. The Labute approximate surface area is 117 Å². The van der Waals surface area contributed by atoms with Crippen molar-refractivity contribution in [3.05, 3.63) is 58.1 Å².